The highest BCUT2D eigenvalue weighted by Gasteiger charge is 2.35. The van der Waals surface area contributed by atoms with Gasteiger partial charge in [0.15, 0.2) is 0 Å². The van der Waals surface area contributed by atoms with Gasteiger partial charge in [0.1, 0.15) is 24.2 Å². The van der Waals surface area contributed by atoms with Crippen molar-refractivity contribution < 1.29 is 34.5 Å². The average molecular weight is 433 g/mol. The summed E-state index contributed by atoms with van der Waals surface area (Å²) in [6, 6.07) is -4.97. The van der Waals surface area contributed by atoms with E-state index in [9.17, 15) is 34.5 Å². The maximum absolute atomic E-state index is 12.7. The quantitative estimate of drug-likeness (QED) is 0.190. The second-order valence-electron chi connectivity index (χ2n) is 7.93. The van der Waals surface area contributed by atoms with Crippen LogP contribution < -0.4 is 21.7 Å². The average Bonchev–Trinajstić information content (AvgIpc) is 2.65. The Morgan fingerprint density at radius 3 is 1.57 bits per heavy atom. The van der Waals surface area contributed by atoms with Gasteiger partial charge >= 0.3 is 5.97 Å². The fraction of sp³-hybridized carbons (Fsp3) is 0.789. The molecule has 0 saturated carbocycles. The van der Waals surface area contributed by atoms with Crippen LogP contribution in [-0.4, -0.2) is 75.4 Å². The number of rotatable bonds is 12. The van der Waals surface area contributed by atoms with Gasteiger partial charge in [0, 0.05) is 0 Å². The minimum atomic E-state index is -1.43. The molecule has 3 amide bonds. The normalized spacial score (nSPS) is 18.3. The van der Waals surface area contributed by atoms with Gasteiger partial charge in [-0.25, -0.2) is 4.79 Å². The molecule has 7 unspecified atom stereocenters. The molecule has 174 valence electrons. The largest absolute Gasteiger partial charge is 0.480 e. The number of carboxylic acid groups (broad SMARTS) is 1. The summed E-state index contributed by atoms with van der Waals surface area (Å²) in [4.78, 5) is 48.9. The highest BCUT2D eigenvalue weighted by atomic mass is 16.4. The number of carbonyl (C=O) groups excluding carboxylic acids is 3. The first kappa shape index (κ1) is 27.8. The molecular weight excluding hydrogens is 396 g/mol. The first-order valence-electron chi connectivity index (χ1n) is 10.00. The van der Waals surface area contributed by atoms with Crippen molar-refractivity contribution in [1.29, 1.82) is 0 Å². The number of aliphatic carboxylic acids is 1. The summed E-state index contributed by atoms with van der Waals surface area (Å²) in [6.07, 6.45) is -1.97. The molecule has 0 rings (SSSR count). The van der Waals surface area contributed by atoms with Crippen molar-refractivity contribution in [2.75, 3.05) is 0 Å². The Balaban J connectivity index is 5.42. The third-order valence-electron chi connectivity index (χ3n) is 4.91. The molecule has 0 aliphatic rings. The predicted octanol–water partition coefficient (Wildman–Crippen LogP) is -1.68. The van der Waals surface area contributed by atoms with Gasteiger partial charge in [-0.3, -0.25) is 14.4 Å². The molecule has 0 spiro atoms. The van der Waals surface area contributed by atoms with E-state index in [-0.39, 0.29) is 5.92 Å². The van der Waals surface area contributed by atoms with E-state index in [1.54, 1.807) is 27.7 Å². The van der Waals surface area contributed by atoms with Crippen LogP contribution in [0.1, 0.15) is 48.0 Å². The van der Waals surface area contributed by atoms with Gasteiger partial charge < -0.3 is 37.0 Å². The first-order valence-corrected chi connectivity index (χ1v) is 10.00. The Labute approximate surface area is 176 Å². The zero-order valence-corrected chi connectivity index (χ0v) is 18.4. The highest BCUT2D eigenvalue weighted by Crippen LogP contribution is 2.10. The number of amides is 3. The number of aliphatic hydroxyl groups is 2. The van der Waals surface area contributed by atoms with Crippen molar-refractivity contribution in [3.63, 3.8) is 0 Å². The molecule has 0 radical (unpaired) electrons. The van der Waals surface area contributed by atoms with Crippen molar-refractivity contribution in [2.24, 2.45) is 17.6 Å². The Morgan fingerprint density at radius 2 is 1.20 bits per heavy atom. The number of hydrogen-bond donors (Lipinski definition) is 7. The second kappa shape index (κ2) is 12.5. The third-order valence-corrected chi connectivity index (χ3v) is 4.91. The van der Waals surface area contributed by atoms with E-state index in [0.29, 0.717) is 6.42 Å². The number of nitrogens with two attached hydrogens (primary N) is 1. The molecule has 7 atom stereocenters. The van der Waals surface area contributed by atoms with Crippen LogP contribution in [0.5, 0.6) is 0 Å². The first-order chi connectivity index (χ1) is 13.7. The van der Waals surface area contributed by atoms with Gasteiger partial charge in [-0.05, 0) is 25.7 Å². The van der Waals surface area contributed by atoms with E-state index in [0.717, 1.165) is 0 Å². The van der Waals surface area contributed by atoms with Crippen LogP contribution in [0, 0.1) is 11.8 Å². The molecule has 0 aromatic rings. The maximum Gasteiger partial charge on any atom is 0.326 e. The monoisotopic (exact) mass is 432 g/mol. The van der Waals surface area contributed by atoms with Crippen LogP contribution in [0.15, 0.2) is 0 Å². The zero-order valence-electron chi connectivity index (χ0n) is 18.4. The summed E-state index contributed by atoms with van der Waals surface area (Å²) in [5.74, 6) is -4.32. The Kier molecular flexibility index (Phi) is 11.5. The van der Waals surface area contributed by atoms with Gasteiger partial charge in [0.25, 0.3) is 0 Å². The van der Waals surface area contributed by atoms with Crippen molar-refractivity contribution in [3.8, 4) is 0 Å². The molecular formula is C19H36N4O7. The van der Waals surface area contributed by atoms with Crippen LogP contribution in [0.4, 0.5) is 0 Å². The summed E-state index contributed by atoms with van der Waals surface area (Å²) < 4.78 is 0. The molecule has 0 bridgehead atoms. The van der Waals surface area contributed by atoms with Crippen LogP contribution >= 0.6 is 0 Å². The summed E-state index contributed by atoms with van der Waals surface area (Å²) in [6.45, 7) is 9.36. The Hall–Kier alpha value is -2.24. The summed E-state index contributed by atoms with van der Waals surface area (Å²) in [5, 5.41) is 35.8. The summed E-state index contributed by atoms with van der Waals surface area (Å²) >= 11 is 0. The fourth-order valence-electron chi connectivity index (χ4n) is 2.58. The number of nitrogens with one attached hydrogen (secondary N) is 3. The number of hydrogen-bond acceptors (Lipinski definition) is 7. The van der Waals surface area contributed by atoms with E-state index in [1.807, 2.05) is 0 Å². The minimum Gasteiger partial charge on any atom is -0.480 e. The van der Waals surface area contributed by atoms with E-state index >= 15 is 0 Å². The molecule has 0 aliphatic carbocycles. The lowest BCUT2D eigenvalue weighted by Gasteiger charge is -2.29. The van der Waals surface area contributed by atoms with E-state index < -0.39 is 66.0 Å². The predicted molar refractivity (Wildman–Crippen MR) is 109 cm³/mol. The van der Waals surface area contributed by atoms with Gasteiger partial charge in [-0.15, -0.1) is 0 Å². The molecule has 30 heavy (non-hydrogen) atoms. The molecule has 0 saturated heterocycles. The van der Waals surface area contributed by atoms with Crippen molar-refractivity contribution in [2.45, 2.75) is 84.3 Å². The zero-order chi connectivity index (χ0) is 23.8. The van der Waals surface area contributed by atoms with Crippen LogP contribution in [0.3, 0.4) is 0 Å². The van der Waals surface area contributed by atoms with Gasteiger partial charge in [0.05, 0.1) is 12.2 Å². The third kappa shape index (κ3) is 8.25. The number of carboxylic acids is 1. The smallest absolute Gasteiger partial charge is 0.326 e. The van der Waals surface area contributed by atoms with Gasteiger partial charge in [0.2, 0.25) is 17.7 Å². The highest BCUT2D eigenvalue weighted by molar-refractivity contribution is 5.94. The van der Waals surface area contributed by atoms with Crippen molar-refractivity contribution >= 4 is 23.7 Å². The summed E-state index contributed by atoms with van der Waals surface area (Å²) in [7, 11) is 0. The van der Waals surface area contributed by atoms with Gasteiger partial charge in [-0.2, -0.15) is 0 Å². The molecule has 11 heteroatoms. The lowest BCUT2D eigenvalue weighted by Crippen LogP contribution is -2.61. The topological polar surface area (TPSA) is 191 Å². The maximum atomic E-state index is 12.7. The molecule has 0 fully saturated rings. The lowest BCUT2D eigenvalue weighted by atomic mass is 9.97. The molecule has 0 aromatic carbocycles. The minimum absolute atomic E-state index is 0.332. The lowest BCUT2D eigenvalue weighted by molar-refractivity contribution is -0.144. The van der Waals surface area contributed by atoms with Crippen LogP contribution in [-0.2, 0) is 19.2 Å². The molecule has 0 aromatic heterocycles. The summed E-state index contributed by atoms with van der Waals surface area (Å²) in [5.41, 5.74) is 5.54. The van der Waals surface area contributed by atoms with Gasteiger partial charge in [-0.1, -0.05) is 34.1 Å². The molecule has 0 heterocycles. The van der Waals surface area contributed by atoms with Crippen molar-refractivity contribution in [3.05, 3.63) is 0 Å². The second-order valence-corrected chi connectivity index (χ2v) is 7.93. The van der Waals surface area contributed by atoms with Crippen LogP contribution in [0.25, 0.3) is 0 Å². The van der Waals surface area contributed by atoms with Crippen molar-refractivity contribution in [1.82, 2.24) is 16.0 Å². The molecule has 8 N–H and O–H groups in total. The fourth-order valence-corrected chi connectivity index (χ4v) is 2.58. The Morgan fingerprint density at radius 1 is 0.767 bits per heavy atom. The van der Waals surface area contributed by atoms with E-state index in [2.05, 4.69) is 16.0 Å². The van der Waals surface area contributed by atoms with E-state index in [1.165, 1.54) is 13.8 Å². The molecule has 11 nitrogen and oxygen atoms in total. The van der Waals surface area contributed by atoms with Crippen LogP contribution in [0.2, 0.25) is 0 Å². The number of aliphatic hydroxyl groups excluding tert-OH is 2. The standard InChI is InChI=1S/C19H36N4O7/c1-7-9(4)14(19(29)30)22-17(27)13(8(2)3)21-18(28)15(11(6)25)23-16(26)12(20)10(5)24/h8-15,24-25H,7,20H2,1-6H3,(H,21,28)(H,22,27)(H,23,26)(H,29,30). The molecule has 0 aliphatic heterocycles. The van der Waals surface area contributed by atoms with E-state index in [4.69, 9.17) is 5.73 Å². The Bertz CT molecular complexity index is 610. The number of carbonyl (C=O) groups is 4. The SMILES string of the molecule is CCC(C)C(NC(=O)C(NC(=O)C(NC(=O)C(N)C(C)O)C(C)O)C(C)C)C(=O)O.